The monoisotopic (exact) mass is 169 g/mol. The molecule has 0 spiro atoms. The first-order chi connectivity index (χ1) is 5.72. The Morgan fingerprint density at radius 1 is 1.83 bits per heavy atom. The lowest BCUT2D eigenvalue weighted by Crippen LogP contribution is -2.19. The molecular weight excluding hydrogens is 158 g/mol. The van der Waals surface area contributed by atoms with Crippen molar-refractivity contribution >= 4 is 11.9 Å². The van der Waals surface area contributed by atoms with Gasteiger partial charge < -0.3 is 4.74 Å². The van der Waals surface area contributed by atoms with Gasteiger partial charge >= 0.3 is 0 Å². The van der Waals surface area contributed by atoms with Gasteiger partial charge in [-0.2, -0.15) is 0 Å². The molecule has 0 aromatic carbocycles. The van der Waals surface area contributed by atoms with E-state index in [0.717, 1.165) is 0 Å². The van der Waals surface area contributed by atoms with Crippen LogP contribution in [-0.2, 0) is 14.3 Å². The zero-order valence-electron chi connectivity index (χ0n) is 6.95. The number of carbonyl (C=O) groups excluding carboxylic acids is 2. The lowest BCUT2D eigenvalue weighted by molar-refractivity contribution is -0.124. The van der Waals surface area contributed by atoms with Gasteiger partial charge in [0.05, 0.1) is 13.2 Å². The minimum atomic E-state index is -0.510. The average molecular weight is 169 g/mol. The molecule has 0 saturated heterocycles. The van der Waals surface area contributed by atoms with Crippen molar-refractivity contribution in [2.24, 2.45) is 4.99 Å². The molecule has 0 aromatic rings. The summed E-state index contributed by atoms with van der Waals surface area (Å²) in [6, 6.07) is 0. The highest BCUT2D eigenvalue weighted by Gasteiger charge is 2.07. The fraction of sp³-hybridized carbons (Fsp3) is 0.500. The van der Waals surface area contributed by atoms with Crippen LogP contribution >= 0.6 is 0 Å². The molecule has 4 heteroatoms. The van der Waals surface area contributed by atoms with Crippen molar-refractivity contribution in [1.29, 1.82) is 0 Å². The van der Waals surface area contributed by atoms with E-state index < -0.39 is 6.10 Å². The molecule has 66 valence electrons. The maximum absolute atomic E-state index is 10.8. The molecule has 1 unspecified atom stereocenters. The van der Waals surface area contributed by atoms with E-state index in [2.05, 4.69) is 11.6 Å². The molecule has 0 heterocycles. The summed E-state index contributed by atoms with van der Waals surface area (Å²) in [6.45, 7) is 5.41. The topological polar surface area (TPSA) is 55.7 Å². The third kappa shape index (κ3) is 4.55. The van der Waals surface area contributed by atoms with Gasteiger partial charge in [-0.05, 0) is 13.0 Å². The van der Waals surface area contributed by atoms with E-state index in [0.29, 0.717) is 0 Å². The Labute approximate surface area is 70.9 Å². The Balaban J connectivity index is 3.56. The number of isocyanates is 1. The quantitative estimate of drug-likeness (QED) is 0.251. The van der Waals surface area contributed by atoms with Crippen LogP contribution in [0.15, 0.2) is 17.6 Å². The Bertz CT molecular complexity index is 206. The number of ether oxygens (including phenoxy) is 1. The lowest BCUT2D eigenvalue weighted by atomic mass is 10.2. The zero-order chi connectivity index (χ0) is 9.40. The van der Waals surface area contributed by atoms with Crippen molar-refractivity contribution in [1.82, 2.24) is 0 Å². The van der Waals surface area contributed by atoms with Crippen LogP contribution in [0.4, 0.5) is 0 Å². The maximum atomic E-state index is 10.8. The number of aliphatic imine (C=N–C) groups is 1. The van der Waals surface area contributed by atoms with Gasteiger partial charge in [0.15, 0.2) is 5.78 Å². The molecule has 0 aliphatic heterocycles. The average Bonchev–Trinajstić information content (AvgIpc) is 2.10. The van der Waals surface area contributed by atoms with E-state index in [1.165, 1.54) is 12.2 Å². The summed E-state index contributed by atoms with van der Waals surface area (Å²) < 4.78 is 5.00. The molecule has 12 heavy (non-hydrogen) atoms. The summed E-state index contributed by atoms with van der Waals surface area (Å²) in [5.41, 5.74) is 0. The van der Waals surface area contributed by atoms with Crippen LogP contribution in [0.1, 0.15) is 6.92 Å². The van der Waals surface area contributed by atoms with Gasteiger partial charge in [0.25, 0.3) is 0 Å². The molecule has 0 aromatic heterocycles. The summed E-state index contributed by atoms with van der Waals surface area (Å²) in [5.74, 6) is -0.176. The first kappa shape index (κ1) is 10.8. The van der Waals surface area contributed by atoms with Crippen molar-refractivity contribution in [2.45, 2.75) is 13.0 Å². The van der Waals surface area contributed by atoms with Crippen molar-refractivity contribution in [3.05, 3.63) is 12.7 Å². The zero-order valence-corrected chi connectivity index (χ0v) is 6.95. The molecule has 0 aliphatic carbocycles. The first-order valence-electron chi connectivity index (χ1n) is 3.54. The predicted octanol–water partition coefficient (Wildman–Crippen LogP) is 0.482. The SMILES string of the molecule is C=CC(=O)C(C)OCCN=C=O. The van der Waals surface area contributed by atoms with E-state index in [4.69, 9.17) is 4.74 Å². The number of ketones is 1. The molecule has 0 saturated carbocycles. The largest absolute Gasteiger partial charge is 0.368 e. The van der Waals surface area contributed by atoms with Gasteiger partial charge in [0.1, 0.15) is 6.10 Å². The molecule has 0 radical (unpaired) electrons. The highest BCUT2D eigenvalue weighted by Crippen LogP contribution is 1.92. The van der Waals surface area contributed by atoms with Gasteiger partial charge in [0, 0.05) is 0 Å². The Kier molecular flexibility index (Phi) is 5.79. The molecule has 0 rings (SSSR count). The Morgan fingerprint density at radius 2 is 2.50 bits per heavy atom. The highest BCUT2D eigenvalue weighted by molar-refractivity contribution is 5.92. The fourth-order valence-electron chi connectivity index (χ4n) is 0.569. The highest BCUT2D eigenvalue weighted by atomic mass is 16.5. The molecular formula is C8H11NO3. The fourth-order valence-corrected chi connectivity index (χ4v) is 0.569. The third-order valence-electron chi connectivity index (χ3n) is 1.24. The van der Waals surface area contributed by atoms with E-state index in [1.54, 1.807) is 6.92 Å². The van der Waals surface area contributed by atoms with Crippen LogP contribution in [0.3, 0.4) is 0 Å². The Morgan fingerprint density at radius 3 is 3.00 bits per heavy atom. The second kappa shape index (κ2) is 6.46. The molecule has 4 nitrogen and oxygen atoms in total. The van der Waals surface area contributed by atoms with Crippen LogP contribution in [0, 0.1) is 0 Å². The van der Waals surface area contributed by atoms with Crippen molar-refractivity contribution < 1.29 is 14.3 Å². The van der Waals surface area contributed by atoms with Gasteiger partial charge in [0.2, 0.25) is 6.08 Å². The van der Waals surface area contributed by atoms with Crippen LogP contribution in [0.25, 0.3) is 0 Å². The molecule has 0 amide bonds. The molecule has 0 bridgehead atoms. The second-order valence-corrected chi connectivity index (χ2v) is 2.09. The molecule has 1 atom stereocenters. The normalized spacial score (nSPS) is 11.4. The van der Waals surface area contributed by atoms with Crippen LogP contribution in [0.5, 0.6) is 0 Å². The van der Waals surface area contributed by atoms with Gasteiger partial charge in [-0.1, -0.05) is 6.58 Å². The van der Waals surface area contributed by atoms with Crippen molar-refractivity contribution in [3.8, 4) is 0 Å². The standard InChI is InChI=1S/C8H11NO3/c1-3-8(11)7(2)12-5-4-9-6-10/h3,7H,1,4-5H2,2H3. The first-order valence-corrected chi connectivity index (χ1v) is 3.54. The summed E-state index contributed by atoms with van der Waals surface area (Å²) in [4.78, 5) is 23.7. The number of nitrogens with zero attached hydrogens (tertiary/aromatic N) is 1. The van der Waals surface area contributed by atoms with Gasteiger partial charge in [-0.15, -0.1) is 0 Å². The van der Waals surface area contributed by atoms with E-state index >= 15 is 0 Å². The van der Waals surface area contributed by atoms with E-state index in [1.807, 2.05) is 0 Å². The lowest BCUT2D eigenvalue weighted by Gasteiger charge is -2.06. The Hall–Kier alpha value is -1.25. The maximum Gasteiger partial charge on any atom is 0.235 e. The summed E-state index contributed by atoms with van der Waals surface area (Å²) >= 11 is 0. The van der Waals surface area contributed by atoms with Crippen LogP contribution in [0.2, 0.25) is 0 Å². The number of carbonyl (C=O) groups is 1. The summed E-state index contributed by atoms with van der Waals surface area (Å²) in [6.07, 6.45) is 2.07. The van der Waals surface area contributed by atoms with Crippen LogP contribution < -0.4 is 0 Å². The van der Waals surface area contributed by atoms with Gasteiger partial charge in [-0.25, -0.2) is 9.79 Å². The predicted molar refractivity (Wildman–Crippen MR) is 43.6 cm³/mol. The number of hydrogen-bond acceptors (Lipinski definition) is 4. The molecule has 0 N–H and O–H groups in total. The van der Waals surface area contributed by atoms with Gasteiger partial charge in [-0.3, -0.25) is 4.79 Å². The molecule has 0 aliphatic rings. The number of rotatable bonds is 6. The van der Waals surface area contributed by atoms with Crippen molar-refractivity contribution in [3.63, 3.8) is 0 Å². The summed E-state index contributed by atoms with van der Waals surface area (Å²) in [7, 11) is 0. The summed E-state index contributed by atoms with van der Waals surface area (Å²) in [5, 5.41) is 0. The minimum absolute atomic E-state index is 0.176. The van der Waals surface area contributed by atoms with Crippen molar-refractivity contribution in [2.75, 3.05) is 13.2 Å². The second-order valence-electron chi connectivity index (χ2n) is 2.09. The molecule has 0 fully saturated rings. The van der Waals surface area contributed by atoms with Crippen LogP contribution in [-0.4, -0.2) is 31.1 Å². The third-order valence-corrected chi connectivity index (χ3v) is 1.24. The van der Waals surface area contributed by atoms with E-state index in [-0.39, 0.29) is 18.9 Å². The number of hydrogen-bond donors (Lipinski definition) is 0. The smallest absolute Gasteiger partial charge is 0.235 e. The van der Waals surface area contributed by atoms with E-state index in [9.17, 15) is 9.59 Å². The minimum Gasteiger partial charge on any atom is -0.368 e.